The Morgan fingerprint density at radius 1 is 1.08 bits per heavy atom. The van der Waals surface area contributed by atoms with Crippen molar-refractivity contribution in [3.05, 3.63) is 60.7 Å². The first kappa shape index (κ1) is 25.4. The predicted octanol–water partition coefficient (Wildman–Crippen LogP) is 1.70. The zero-order valence-corrected chi connectivity index (χ0v) is 20.4. The van der Waals surface area contributed by atoms with Gasteiger partial charge in [0.25, 0.3) is 5.91 Å². The second-order valence-electron chi connectivity index (χ2n) is 8.66. The lowest BCUT2D eigenvalue weighted by molar-refractivity contribution is -0.161. The molecule has 188 valence electrons. The second-order valence-corrected chi connectivity index (χ2v) is 9.72. The molecule has 0 spiro atoms. The number of rotatable bonds is 3. The van der Waals surface area contributed by atoms with Gasteiger partial charge in [-0.25, -0.2) is 9.10 Å². The van der Waals surface area contributed by atoms with Crippen LogP contribution in [0.15, 0.2) is 60.7 Å². The molecule has 4 amide bonds. The summed E-state index contributed by atoms with van der Waals surface area (Å²) in [5.41, 5.74) is 0.210. The van der Waals surface area contributed by atoms with Gasteiger partial charge in [-0.2, -0.15) is 0 Å². The van der Waals surface area contributed by atoms with Gasteiger partial charge in [-0.15, -0.1) is 0 Å². The number of fused-ring (bicyclic) bond motifs is 4. The standard InChI is InChI=1S/C15H17N3O7S.C10H8/c1-5(2)10(15(23)24)17-13(22)9-14(17)26-18-8(19)4-7(12(18)21)25-6(3)11(20)16-9;1-2-6-10-8-4-3-7-9(10)5-1/h6-7,9-10,14H,1,4H2,2-3H3,(H,16,20)(H,23,24);1-8H. The number of carboxylic acids is 1. The highest BCUT2D eigenvalue weighted by Crippen LogP contribution is 2.39. The molecule has 11 heteroatoms. The number of nitrogens with one attached hydrogen (secondary N) is 1. The van der Waals surface area contributed by atoms with Gasteiger partial charge in [0, 0.05) is 0 Å². The average molecular weight is 512 g/mol. The van der Waals surface area contributed by atoms with Crippen molar-refractivity contribution in [1.82, 2.24) is 14.5 Å². The molecule has 0 radical (unpaired) electrons. The van der Waals surface area contributed by atoms with Crippen LogP contribution in [0.1, 0.15) is 20.3 Å². The molecular weight excluding hydrogens is 486 g/mol. The Hall–Kier alpha value is -3.70. The molecule has 0 aromatic heterocycles. The first-order valence-electron chi connectivity index (χ1n) is 11.2. The van der Waals surface area contributed by atoms with E-state index in [9.17, 15) is 29.1 Å². The summed E-state index contributed by atoms with van der Waals surface area (Å²) in [6.45, 7) is 6.46. The number of hydrogen-bond acceptors (Lipinski definition) is 7. The third kappa shape index (κ3) is 4.71. The van der Waals surface area contributed by atoms with Crippen molar-refractivity contribution in [2.45, 2.75) is 49.9 Å². The first-order valence-corrected chi connectivity index (χ1v) is 12.1. The summed E-state index contributed by atoms with van der Waals surface area (Å²) in [4.78, 5) is 61.8. The van der Waals surface area contributed by atoms with Gasteiger partial charge in [-0.3, -0.25) is 19.2 Å². The van der Waals surface area contributed by atoms with Gasteiger partial charge in [0.1, 0.15) is 23.6 Å². The third-order valence-corrected chi connectivity index (χ3v) is 7.34. The summed E-state index contributed by atoms with van der Waals surface area (Å²) in [6.07, 6.45) is -2.33. The molecule has 5 rings (SSSR count). The summed E-state index contributed by atoms with van der Waals surface area (Å²) < 4.78 is 6.21. The maximum absolute atomic E-state index is 12.5. The van der Waals surface area contributed by atoms with Crippen molar-refractivity contribution in [3.8, 4) is 0 Å². The topological polar surface area (TPSA) is 133 Å². The highest BCUT2D eigenvalue weighted by Gasteiger charge is 2.57. The maximum Gasteiger partial charge on any atom is 0.330 e. The first-order chi connectivity index (χ1) is 17.1. The quantitative estimate of drug-likeness (QED) is 0.275. The van der Waals surface area contributed by atoms with E-state index in [2.05, 4.69) is 60.4 Å². The smallest absolute Gasteiger partial charge is 0.330 e. The Morgan fingerprint density at radius 3 is 2.14 bits per heavy atom. The minimum Gasteiger partial charge on any atom is -0.479 e. The molecule has 3 saturated heterocycles. The number of imide groups is 1. The summed E-state index contributed by atoms with van der Waals surface area (Å²) in [6, 6.07) is 14.3. The monoisotopic (exact) mass is 511 g/mol. The van der Waals surface area contributed by atoms with Crippen LogP contribution in [0.5, 0.6) is 0 Å². The van der Waals surface area contributed by atoms with E-state index >= 15 is 0 Å². The van der Waals surface area contributed by atoms with E-state index < -0.39 is 59.3 Å². The number of benzene rings is 2. The van der Waals surface area contributed by atoms with Crippen LogP contribution in [-0.2, 0) is 28.7 Å². The molecular formula is C25H25N3O7S. The summed E-state index contributed by atoms with van der Waals surface area (Å²) in [7, 11) is 0. The summed E-state index contributed by atoms with van der Waals surface area (Å²) in [5.74, 6) is -3.68. The van der Waals surface area contributed by atoms with Gasteiger partial charge in [0.2, 0.25) is 17.7 Å². The molecule has 36 heavy (non-hydrogen) atoms. The number of nitrogens with zero attached hydrogens (tertiary/aromatic N) is 2. The minimum atomic E-state index is -1.33. The molecule has 3 aliphatic heterocycles. The molecule has 10 nitrogen and oxygen atoms in total. The lowest BCUT2D eigenvalue weighted by atomic mass is 9.99. The van der Waals surface area contributed by atoms with Crippen molar-refractivity contribution in [2.24, 2.45) is 0 Å². The maximum atomic E-state index is 12.5. The molecule has 5 unspecified atom stereocenters. The van der Waals surface area contributed by atoms with Gasteiger partial charge >= 0.3 is 5.97 Å². The van der Waals surface area contributed by atoms with E-state index in [4.69, 9.17) is 4.74 Å². The fraction of sp³-hybridized carbons (Fsp3) is 0.320. The Kier molecular flexibility index (Phi) is 7.14. The van der Waals surface area contributed by atoms with Gasteiger partial charge < -0.3 is 20.1 Å². The van der Waals surface area contributed by atoms with Crippen LogP contribution in [0.2, 0.25) is 0 Å². The van der Waals surface area contributed by atoms with Crippen molar-refractivity contribution < 1.29 is 33.8 Å². The highest BCUT2D eigenvalue weighted by atomic mass is 32.2. The van der Waals surface area contributed by atoms with Gasteiger partial charge in [-0.1, -0.05) is 55.1 Å². The lowest BCUT2D eigenvalue weighted by Crippen LogP contribution is -2.74. The highest BCUT2D eigenvalue weighted by molar-refractivity contribution is 7.98. The van der Waals surface area contributed by atoms with Crippen LogP contribution in [0, 0.1) is 0 Å². The number of amides is 4. The molecule has 3 aliphatic rings. The fourth-order valence-electron chi connectivity index (χ4n) is 4.19. The largest absolute Gasteiger partial charge is 0.479 e. The van der Waals surface area contributed by atoms with Crippen molar-refractivity contribution in [1.29, 1.82) is 0 Å². The van der Waals surface area contributed by atoms with Crippen molar-refractivity contribution in [2.75, 3.05) is 0 Å². The van der Waals surface area contributed by atoms with Gasteiger partial charge in [0.05, 0.1) is 6.42 Å². The van der Waals surface area contributed by atoms with Crippen LogP contribution in [0.25, 0.3) is 10.8 Å². The third-order valence-electron chi connectivity index (χ3n) is 6.03. The molecule has 3 heterocycles. The Labute approximate surface area is 211 Å². The van der Waals surface area contributed by atoms with Crippen molar-refractivity contribution >= 4 is 52.3 Å². The lowest BCUT2D eigenvalue weighted by Gasteiger charge is -2.49. The van der Waals surface area contributed by atoms with Crippen LogP contribution in [0.4, 0.5) is 0 Å². The molecule has 5 atom stereocenters. The molecule has 2 N–H and O–H groups in total. The summed E-state index contributed by atoms with van der Waals surface area (Å²) >= 11 is 0.714. The normalized spacial score (nSPS) is 26.3. The van der Waals surface area contributed by atoms with E-state index in [0.717, 1.165) is 9.21 Å². The predicted molar refractivity (Wildman–Crippen MR) is 131 cm³/mol. The molecule has 0 saturated carbocycles. The number of carboxylic acid groups (broad SMARTS) is 1. The fourth-order valence-corrected chi connectivity index (χ4v) is 5.45. The Balaban J connectivity index is 0.000000251. The average Bonchev–Trinajstić information content (AvgIpc) is 3.10. The van der Waals surface area contributed by atoms with E-state index in [1.165, 1.54) is 24.6 Å². The van der Waals surface area contributed by atoms with E-state index in [-0.39, 0.29) is 12.0 Å². The SMILES string of the molecule is C=C(C)C(C(=O)O)N1C(=O)C2NC(=O)C(C)OC3CC(=O)N(SC21)C3=O.c1ccc2ccccc2c1. The van der Waals surface area contributed by atoms with E-state index in [1.54, 1.807) is 0 Å². The number of likely N-dealkylation sites (tertiary alicyclic amines) is 1. The molecule has 2 aromatic rings. The van der Waals surface area contributed by atoms with Crippen LogP contribution in [0.3, 0.4) is 0 Å². The number of carbonyl (C=O) groups excluding carboxylic acids is 4. The molecule has 0 aliphatic carbocycles. The molecule has 2 aromatic carbocycles. The van der Waals surface area contributed by atoms with Gasteiger partial charge in [-0.05, 0) is 42.1 Å². The number of hydrogen-bond donors (Lipinski definition) is 2. The number of aliphatic carboxylic acids is 1. The Morgan fingerprint density at radius 2 is 1.64 bits per heavy atom. The van der Waals surface area contributed by atoms with Crippen LogP contribution >= 0.6 is 11.9 Å². The minimum absolute atomic E-state index is 0.210. The summed E-state index contributed by atoms with van der Waals surface area (Å²) in [5, 5.41) is 13.6. The molecule has 2 bridgehead atoms. The Bertz CT molecular complexity index is 1190. The van der Waals surface area contributed by atoms with Crippen LogP contribution < -0.4 is 5.32 Å². The number of β-lactam (4-membered cyclic amide) rings is 1. The zero-order chi connectivity index (χ0) is 26.1. The number of carbonyl (C=O) groups is 5. The second kappa shape index (κ2) is 10.1. The molecule has 3 fully saturated rings. The van der Waals surface area contributed by atoms with E-state index in [0.29, 0.717) is 11.9 Å². The van der Waals surface area contributed by atoms with Gasteiger partial charge in [0.15, 0.2) is 6.04 Å². The number of ether oxygens (including phenoxy) is 1. The van der Waals surface area contributed by atoms with E-state index in [1.807, 2.05) is 0 Å². The van der Waals surface area contributed by atoms with Crippen molar-refractivity contribution in [3.63, 3.8) is 0 Å². The zero-order valence-electron chi connectivity index (χ0n) is 19.6. The van der Waals surface area contributed by atoms with Crippen LogP contribution in [-0.4, -0.2) is 73.6 Å².